The van der Waals surface area contributed by atoms with Crippen LogP contribution in [0.15, 0.2) is 42.5 Å². The van der Waals surface area contributed by atoms with E-state index in [1.165, 1.54) is 4.90 Å². The van der Waals surface area contributed by atoms with Crippen molar-refractivity contribution in [1.82, 2.24) is 4.90 Å². The summed E-state index contributed by atoms with van der Waals surface area (Å²) in [4.78, 5) is 26.2. The number of nitrogens with zero attached hydrogens (tertiary/aromatic N) is 1. The molecule has 3 nitrogen and oxygen atoms in total. The van der Waals surface area contributed by atoms with Crippen molar-refractivity contribution in [3.05, 3.63) is 48.0 Å². The quantitative estimate of drug-likeness (QED) is 0.743. The zero-order chi connectivity index (χ0) is 13.9. The first-order chi connectivity index (χ1) is 9.77. The van der Waals surface area contributed by atoms with Crippen molar-refractivity contribution < 1.29 is 9.59 Å². The van der Waals surface area contributed by atoms with Crippen molar-refractivity contribution in [2.45, 2.75) is 25.7 Å². The number of rotatable bonds is 1. The van der Waals surface area contributed by atoms with Crippen molar-refractivity contribution >= 4 is 22.6 Å². The van der Waals surface area contributed by atoms with E-state index in [1.807, 2.05) is 42.5 Å². The molecule has 3 rings (SSSR count). The van der Waals surface area contributed by atoms with E-state index >= 15 is 0 Å². The second-order valence-corrected chi connectivity index (χ2v) is 5.19. The van der Waals surface area contributed by atoms with Crippen LogP contribution in [0.3, 0.4) is 0 Å². The molecule has 0 aromatic heterocycles. The van der Waals surface area contributed by atoms with Crippen molar-refractivity contribution in [2.75, 3.05) is 6.54 Å². The maximum Gasteiger partial charge on any atom is 0.261 e. The molecule has 0 radical (unpaired) electrons. The Morgan fingerprint density at radius 3 is 2.65 bits per heavy atom. The lowest BCUT2D eigenvalue weighted by Gasteiger charge is -2.19. The number of hydrogen-bond donors (Lipinski definition) is 0. The van der Waals surface area contributed by atoms with E-state index < -0.39 is 0 Å². The number of fused-ring (bicyclic) bond motifs is 1. The van der Waals surface area contributed by atoms with Crippen molar-refractivity contribution in [3.63, 3.8) is 0 Å². The molecule has 1 saturated heterocycles. The third-order valence-corrected chi connectivity index (χ3v) is 3.84. The van der Waals surface area contributed by atoms with Crippen molar-refractivity contribution in [2.24, 2.45) is 0 Å². The van der Waals surface area contributed by atoms with Gasteiger partial charge in [-0.25, -0.2) is 0 Å². The van der Waals surface area contributed by atoms with E-state index in [0.717, 1.165) is 30.0 Å². The van der Waals surface area contributed by atoms with Gasteiger partial charge in [0, 0.05) is 18.5 Å². The van der Waals surface area contributed by atoms with Crippen molar-refractivity contribution in [3.8, 4) is 0 Å². The van der Waals surface area contributed by atoms with Crippen LogP contribution >= 0.6 is 0 Å². The fourth-order valence-electron chi connectivity index (χ4n) is 2.75. The summed E-state index contributed by atoms with van der Waals surface area (Å²) in [5, 5.41) is 1.94. The molecule has 3 heteroatoms. The van der Waals surface area contributed by atoms with Gasteiger partial charge < -0.3 is 0 Å². The van der Waals surface area contributed by atoms with Gasteiger partial charge in [0.25, 0.3) is 5.91 Å². The summed E-state index contributed by atoms with van der Waals surface area (Å²) in [6.07, 6.45) is 3.29. The molecule has 1 fully saturated rings. The third kappa shape index (κ3) is 2.31. The first-order valence-electron chi connectivity index (χ1n) is 7.10. The van der Waals surface area contributed by atoms with Crippen LogP contribution in [0.2, 0.25) is 0 Å². The lowest BCUT2D eigenvalue weighted by atomic mass is 10.0. The van der Waals surface area contributed by atoms with Gasteiger partial charge >= 0.3 is 0 Å². The monoisotopic (exact) mass is 267 g/mol. The molecule has 0 aliphatic carbocycles. The minimum Gasteiger partial charge on any atom is -0.278 e. The molecule has 0 N–H and O–H groups in total. The topological polar surface area (TPSA) is 37.4 Å². The van der Waals surface area contributed by atoms with Gasteiger partial charge in [0.2, 0.25) is 5.91 Å². The summed E-state index contributed by atoms with van der Waals surface area (Å²) >= 11 is 0. The smallest absolute Gasteiger partial charge is 0.261 e. The predicted molar refractivity (Wildman–Crippen MR) is 78.5 cm³/mol. The normalized spacial score (nSPS) is 16.2. The number of amides is 2. The average Bonchev–Trinajstić information content (AvgIpc) is 2.70. The molecular weight excluding hydrogens is 250 g/mol. The minimum absolute atomic E-state index is 0.0413. The number of hydrogen-bond acceptors (Lipinski definition) is 2. The SMILES string of the molecule is O=C1CCCCCN1C(=O)c1cccc2ccccc12. The maximum absolute atomic E-state index is 12.7. The third-order valence-electron chi connectivity index (χ3n) is 3.84. The Morgan fingerprint density at radius 1 is 0.950 bits per heavy atom. The Kier molecular flexibility index (Phi) is 3.50. The van der Waals surface area contributed by atoms with Crippen LogP contribution in [0.25, 0.3) is 10.8 Å². The highest BCUT2D eigenvalue weighted by Gasteiger charge is 2.25. The minimum atomic E-state index is -0.159. The molecule has 0 unspecified atom stereocenters. The highest BCUT2D eigenvalue weighted by atomic mass is 16.2. The molecule has 102 valence electrons. The van der Waals surface area contributed by atoms with Crippen LogP contribution in [-0.4, -0.2) is 23.3 Å². The van der Waals surface area contributed by atoms with Crippen LogP contribution in [0.1, 0.15) is 36.0 Å². The van der Waals surface area contributed by atoms with Crippen LogP contribution in [0, 0.1) is 0 Å². The van der Waals surface area contributed by atoms with Gasteiger partial charge in [-0.1, -0.05) is 42.8 Å². The van der Waals surface area contributed by atoms with E-state index in [4.69, 9.17) is 0 Å². The number of carbonyl (C=O) groups excluding carboxylic acids is 2. The molecule has 2 aromatic carbocycles. The highest BCUT2D eigenvalue weighted by Crippen LogP contribution is 2.22. The summed E-state index contributed by atoms with van der Waals surface area (Å²) < 4.78 is 0. The van der Waals surface area contributed by atoms with E-state index in [0.29, 0.717) is 18.5 Å². The van der Waals surface area contributed by atoms with Gasteiger partial charge in [0.1, 0.15) is 0 Å². The molecule has 2 aromatic rings. The number of carbonyl (C=O) groups is 2. The summed E-state index contributed by atoms with van der Waals surface area (Å²) in [5.74, 6) is -0.200. The Balaban J connectivity index is 2.01. The molecule has 1 heterocycles. The molecule has 0 spiro atoms. The molecule has 0 saturated carbocycles. The van der Waals surface area contributed by atoms with E-state index in [-0.39, 0.29) is 11.8 Å². The number of imide groups is 1. The largest absolute Gasteiger partial charge is 0.278 e. The Morgan fingerprint density at radius 2 is 1.75 bits per heavy atom. The van der Waals surface area contributed by atoms with Crippen LogP contribution in [0.5, 0.6) is 0 Å². The summed E-state index contributed by atoms with van der Waals surface area (Å²) in [7, 11) is 0. The first-order valence-corrected chi connectivity index (χ1v) is 7.10. The lowest BCUT2D eigenvalue weighted by molar-refractivity contribution is -0.128. The van der Waals surface area contributed by atoms with E-state index in [1.54, 1.807) is 0 Å². The van der Waals surface area contributed by atoms with Crippen LogP contribution in [0.4, 0.5) is 0 Å². The zero-order valence-corrected chi connectivity index (χ0v) is 11.3. The van der Waals surface area contributed by atoms with E-state index in [9.17, 15) is 9.59 Å². The molecule has 0 bridgehead atoms. The first kappa shape index (κ1) is 12.9. The van der Waals surface area contributed by atoms with Gasteiger partial charge in [0.15, 0.2) is 0 Å². The highest BCUT2D eigenvalue weighted by molar-refractivity contribution is 6.12. The van der Waals surface area contributed by atoms with E-state index in [2.05, 4.69) is 0 Å². The molecule has 1 aliphatic rings. The summed E-state index contributed by atoms with van der Waals surface area (Å²) in [6, 6.07) is 13.5. The Labute approximate surface area is 118 Å². The Bertz CT molecular complexity index is 658. The second kappa shape index (κ2) is 5.45. The molecule has 2 amide bonds. The summed E-state index contributed by atoms with van der Waals surface area (Å²) in [6.45, 7) is 0.543. The van der Waals surface area contributed by atoms with Gasteiger partial charge in [-0.3, -0.25) is 14.5 Å². The fraction of sp³-hybridized carbons (Fsp3) is 0.294. The predicted octanol–water partition coefficient (Wildman–Crippen LogP) is 3.38. The maximum atomic E-state index is 12.7. The molecule has 1 aliphatic heterocycles. The van der Waals surface area contributed by atoms with Gasteiger partial charge in [-0.15, -0.1) is 0 Å². The average molecular weight is 267 g/mol. The number of benzene rings is 2. The standard InChI is InChI=1S/C17H17NO2/c19-16-11-2-1-5-12-18(16)17(20)15-10-6-8-13-7-3-4-9-14(13)15/h3-4,6-10H,1-2,5,11-12H2. The fourth-order valence-corrected chi connectivity index (χ4v) is 2.75. The second-order valence-electron chi connectivity index (χ2n) is 5.19. The Hall–Kier alpha value is -2.16. The van der Waals surface area contributed by atoms with Crippen LogP contribution in [-0.2, 0) is 4.79 Å². The van der Waals surface area contributed by atoms with Crippen molar-refractivity contribution in [1.29, 1.82) is 0 Å². The number of likely N-dealkylation sites (tertiary alicyclic amines) is 1. The molecule has 0 atom stereocenters. The molecular formula is C17H17NO2. The van der Waals surface area contributed by atoms with Gasteiger partial charge in [-0.05, 0) is 29.7 Å². The lowest BCUT2D eigenvalue weighted by Crippen LogP contribution is -2.36. The summed E-state index contributed by atoms with van der Waals surface area (Å²) in [5.41, 5.74) is 0.623. The van der Waals surface area contributed by atoms with Gasteiger partial charge in [-0.2, -0.15) is 0 Å². The molecule has 20 heavy (non-hydrogen) atoms. The van der Waals surface area contributed by atoms with Gasteiger partial charge in [0.05, 0.1) is 0 Å². The van der Waals surface area contributed by atoms with Crippen LogP contribution < -0.4 is 0 Å². The zero-order valence-electron chi connectivity index (χ0n) is 11.3.